The van der Waals surface area contributed by atoms with Crippen LogP contribution < -0.4 is 5.32 Å². The number of oxime groups is 1. The molecule has 0 radical (unpaired) electrons. The second kappa shape index (κ2) is 10.0. The number of aryl methyl sites for hydroxylation is 1. The molecule has 1 amide bonds. The Morgan fingerprint density at radius 3 is 2.50 bits per heavy atom. The van der Waals surface area contributed by atoms with Gasteiger partial charge >= 0.3 is 12.4 Å². The number of hydrogen-bond donors (Lipinski definition) is 1. The van der Waals surface area contributed by atoms with Gasteiger partial charge in [-0.05, 0) is 42.3 Å². The summed E-state index contributed by atoms with van der Waals surface area (Å²) < 4.78 is 97.4. The standard InChI is InChI=1S/C24H21ClF7N3O3/c1-3-35-10-15(11-37-35)33-21(36)16-5-4-13(6-12(16)2)19-9-22(38-34-19,24(30,31)32)17-7-14(23(27,28)29)8-18(25)20(17)26/h4-8,15H,3,9-11H2,1-2H3,(H,33,36)/t15-,22+/m0/s1. The number of alkyl halides is 6. The van der Waals surface area contributed by atoms with Crippen LogP contribution in [0.2, 0.25) is 5.02 Å². The second-order valence-corrected chi connectivity index (χ2v) is 9.33. The summed E-state index contributed by atoms with van der Waals surface area (Å²) in [5.74, 6) is -2.12. The van der Waals surface area contributed by atoms with E-state index in [0.717, 1.165) is 0 Å². The van der Waals surface area contributed by atoms with E-state index in [9.17, 15) is 35.5 Å². The summed E-state index contributed by atoms with van der Waals surface area (Å²) >= 11 is 5.53. The molecule has 2 aliphatic heterocycles. The molecule has 206 valence electrons. The first-order valence-corrected chi connectivity index (χ1v) is 11.7. The fourth-order valence-electron chi connectivity index (χ4n) is 4.30. The van der Waals surface area contributed by atoms with Crippen molar-refractivity contribution < 1.29 is 45.2 Å². The van der Waals surface area contributed by atoms with E-state index in [1.807, 2.05) is 6.92 Å². The zero-order chi connectivity index (χ0) is 28.0. The van der Waals surface area contributed by atoms with Gasteiger partial charge in [0, 0.05) is 24.2 Å². The highest BCUT2D eigenvalue weighted by molar-refractivity contribution is 6.30. The fraction of sp³-hybridized carbons (Fsp3) is 0.417. The Kier molecular flexibility index (Phi) is 7.40. The molecule has 4 rings (SSSR count). The summed E-state index contributed by atoms with van der Waals surface area (Å²) in [7, 11) is 0. The number of rotatable bonds is 5. The van der Waals surface area contributed by atoms with Crippen LogP contribution in [-0.2, 0) is 21.5 Å². The molecule has 0 saturated carbocycles. The lowest BCUT2D eigenvalue weighted by Crippen LogP contribution is -2.43. The minimum atomic E-state index is -5.36. The normalized spacial score (nSPS) is 22.4. The molecule has 0 bridgehead atoms. The molecule has 0 aromatic heterocycles. The zero-order valence-electron chi connectivity index (χ0n) is 19.9. The minimum Gasteiger partial charge on any atom is -0.374 e. The van der Waals surface area contributed by atoms with Gasteiger partial charge in [0.2, 0.25) is 0 Å². The number of carbonyl (C=O) groups is 1. The van der Waals surface area contributed by atoms with Crippen LogP contribution in [0.15, 0.2) is 35.5 Å². The molecule has 0 unspecified atom stereocenters. The van der Waals surface area contributed by atoms with Gasteiger partial charge in [0.05, 0.1) is 35.4 Å². The SMILES string of the molecule is CCN1C[C@H](NC(=O)c2ccc(C3=NO[C@](c4cc(C(F)(F)F)cc(Cl)c4F)(C(F)(F)F)C3)cc2C)CO1. The molecule has 0 spiro atoms. The fourth-order valence-corrected chi connectivity index (χ4v) is 4.52. The lowest BCUT2D eigenvalue weighted by molar-refractivity contribution is -0.276. The van der Waals surface area contributed by atoms with Crippen molar-refractivity contribution in [2.24, 2.45) is 5.16 Å². The van der Waals surface area contributed by atoms with Crippen molar-refractivity contribution in [3.8, 4) is 0 Å². The highest BCUT2D eigenvalue weighted by Gasteiger charge is 2.64. The van der Waals surface area contributed by atoms with Crippen molar-refractivity contribution in [1.82, 2.24) is 10.4 Å². The number of carbonyl (C=O) groups excluding carboxylic acids is 1. The van der Waals surface area contributed by atoms with Gasteiger partial charge < -0.3 is 10.2 Å². The first-order chi connectivity index (χ1) is 17.7. The Labute approximate surface area is 217 Å². The maximum atomic E-state index is 14.8. The van der Waals surface area contributed by atoms with Crippen molar-refractivity contribution >= 4 is 23.2 Å². The molecule has 2 aromatic carbocycles. The Balaban J connectivity index is 1.62. The van der Waals surface area contributed by atoms with Crippen LogP contribution in [0.4, 0.5) is 30.7 Å². The number of halogens is 8. The molecule has 1 N–H and O–H groups in total. The van der Waals surface area contributed by atoms with Crippen molar-refractivity contribution in [1.29, 1.82) is 0 Å². The van der Waals surface area contributed by atoms with E-state index in [1.165, 1.54) is 18.2 Å². The summed E-state index contributed by atoms with van der Waals surface area (Å²) in [5.41, 5.74) is -6.09. The molecule has 2 aromatic rings. The van der Waals surface area contributed by atoms with E-state index in [-0.39, 0.29) is 35.0 Å². The number of benzene rings is 2. The summed E-state index contributed by atoms with van der Waals surface area (Å²) in [6, 6.07) is 4.07. The van der Waals surface area contributed by atoms with Crippen molar-refractivity contribution in [2.45, 2.75) is 44.3 Å². The lowest BCUT2D eigenvalue weighted by atomic mass is 9.85. The van der Waals surface area contributed by atoms with E-state index in [0.29, 0.717) is 25.3 Å². The minimum absolute atomic E-state index is 0.0260. The molecule has 14 heteroatoms. The van der Waals surface area contributed by atoms with Crippen LogP contribution in [0.25, 0.3) is 0 Å². The Morgan fingerprint density at radius 1 is 1.21 bits per heavy atom. The topological polar surface area (TPSA) is 63.2 Å². The van der Waals surface area contributed by atoms with E-state index >= 15 is 0 Å². The number of hydrogen-bond acceptors (Lipinski definition) is 5. The Morgan fingerprint density at radius 2 is 1.92 bits per heavy atom. The monoisotopic (exact) mass is 567 g/mol. The van der Waals surface area contributed by atoms with Crippen molar-refractivity contribution in [3.63, 3.8) is 0 Å². The van der Waals surface area contributed by atoms with Crippen molar-refractivity contribution in [3.05, 3.63) is 69.0 Å². The van der Waals surface area contributed by atoms with Gasteiger partial charge in [-0.25, -0.2) is 4.39 Å². The van der Waals surface area contributed by atoms with E-state index in [2.05, 4.69) is 15.3 Å². The average Bonchev–Trinajstić information content (AvgIpc) is 3.47. The van der Waals surface area contributed by atoms with Gasteiger partial charge in [-0.3, -0.25) is 9.63 Å². The third-order valence-electron chi connectivity index (χ3n) is 6.35. The molecule has 1 fully saturated rings. The maximum Gasteiger partial charge on any atom is 0.435 e. The van der Waals surface area contributed by atoms with Crippen LogP contribution in [0.5, 0.6) is 0 Å². The zero-order valence-corrected chi connectivity index (χ0v) is 20.7. The third-order valence-corrected chi connectivity index (χ3v) is 6.63. The van der Waals surface area contributed by atoms with Crippen LogP contribution in [0.1, 0.15) is 46.0 Å². The average molecular weight is 568 g/mol. The van der Waals surface area contributed by atoms with Gasteiger partial charge in [-0.1, -0.05) is 29.7 Å². The third kappa shape index (κ3) is 5.19. The van der Waals surface area contributed by atoms with Gasteiger partial charge in [0.15, 0.2) is 0 Å². The molecule has 2 heterocycles. The smallest absolute Gasteiger partial charge is 0.374 e. The highest BCUT2D eigenvalue weighted by atomic mass is 35.5. The molecule has 2 atom stereocenters. The van der Waals surface area contributed by atoms with Crippen LogP contribution in [0.3, 0.4) is 0 Å². The van der Waals surface area contributed by atoms with Crippen LogP contribution in [0, 0.1) is 12.7 Å². The maximum absolute atomic E-state index is 14.8. The summed E-state index contributed by atoms with van der Waals surface area (Å²) in [5, 5.41) is 6.83. The number of nitrogens with zero attached hydrogens (tertiary/aromatic N) is 2. The van der Waals surface area contributed by atoms with E-state index in [1.54, 1.807) is 12.0 Å². The predicted octanol–water partition coefficient (Wildman–Crippen LogP) is 5.75. The molecule has 0 aliphatic carbocycles. The summed E-state index contributed by atoms with van der Waals surface area (Å²) in [4.78, 5) is 22.8. The Bertz CT molecular complexity index is 1280. The molecular formula is C24H21ClF7N3O3. The van der Waals surface area contributed by atoms with Gasteiger partial charge in [0.25, 0.3) is 11.5 Å². The number of amides is 1. The quantitative estimate of drug-likeness (QED) is 0.467. The molecule has 38 heavy (non-hydrogen) atoms. The lowest BCUT2D eigenvalue weighted by Gasteiger charge is -2.30. The number of likely N-dealkylation sites (N-methyl/N-ethyl adjacent to an activating group) is 1. The van der Waals surface area contributed by atoms with Gasteiger partial charge in [0.1, 0.15) is 5.82 Å². The first-order valence-electron chi connectivity index (χ1n) is 11.3. The molecule has 2 aliphatic rings. The second-order valence-electron chi connectivity index (χ2n) is 8.92. The number of hydroxylamine groups is 2. The molecular weight excluding hydrogens is 547 g/mol. The highest BCUT2D eigenvalue weighted by Crippen LogP contribution is 2.51. The summed E-state index contributed by atoms with van der Waals surface area (Å²) in [6.45, 7) is 4.87. The van der Waals surface area contributed by atoms with Crippen molar-refractivity contribution in [2.75, 3.05) is 19.7 Å². The van der Waals surface area contributed by atoms with Crippen LogP contribution in [-0.4, -0.2) is 48.6 Å². The molecule has 6 nitrogen and oxygen atoms in total. The first kappa shape index (κ1) is 28.1. The van der Waals surface area contributed by atoms with Gasteiger partial charge in [-0.15, -0.1) is 0 Å². The molecule has 1 saturated heterocycles. The number of nitrogens with one attached hydrogen (secondary N) is 1. The summed E-state index contributed by atoms with van der Waals surface area (Å²) in [6.07, 6.45) is -11.6. The van der Waals surface area contributed by atoms with Crippen LogP contribution >= 0.6 is 11.6 Å². The predicted molar refractivity (Wildman–Crippen MR) is 122 cm³/mol. The van der Waals surface area contributed by atoms with Gasteiger partial charge in [-0.2, -0.15) is 31.4 Å². The largest absolute Gasteiger partial charge is 0.435 e. The van der Waals surface area contributed by atoms with E-state index < -0.39 is 52.2 Å². The Hall–Kier alpha value is -2.90. The van der Waals surface area contributed by atoms with E-state index in [4.69, 9.17) is 16.4 Å².